The predicted molar refractivity (Wildman–Crippen MR) is 118 cm³/mol. The number of aryl methyl sites for hydroxylation is 1. The first-order chi connectivity index (χ1) is 12.9. The molecule has 0 amide bonds. The lowest BCUT2D eigenvalue weighted by Gasteiger charge is -2.17. The molecule has 0 aliphatic carbocycles. The molecule has 0 fully saturated rings. The molecule has 1 heterocycles. The van der Waals surface area contributed by atoms with Gasteiger partial charge in [-0.15, -0.1) is 0 Å². The molecule has 2 rings (SSSR count). The molecule has 0 atom stereocenters. The van der Waals surface area contributed by atoms with Gasteiger partial charge in [0.05, 0.1) is 5.52 Å². The Hall–Kier alpha value is -1.57. The van der Waals surface area contributed by atoms with E-state index in [-0.39, 0.29) is 11.3 Å². The molecule has 0 spiro atoms. The zero-order chi connectivity index (χ0) is 19.7. The Bertz CT molecular complexity index is 705. The number of carbonyl (C=O) groups excluding carboxylic acids is 1. The number of hydrogen-bond acceptors (Lipinski definition) is 1. The molecule has 0 saturated heterocycles. The van der Waals surface area contributed by atoms with Crippen molar-refractivity contribution in [3.8, 4) is 0 Å². The van der Waals surface area contributed by atoms with Crippen molar-refractivity contribution in [2.24, 2.45) is 5.41 Å². The van der Waals surface area contributed by atoms with E-state index in [4.69, 9.17) is 0 Å². The number of nitrogens with zero attached hydrogens (tertiary/aromatic N) is 1. The van der Waals surface area contributed by atoms with Crippen LogP contribution < -0.4 is 0 Å². The fraction of sp³-hybridized carbons (Fsp3) is 0.640. The number of fused-ring (bicyclic) bond motifs is 1. The third kappa shape index (κ3) is 6.83. The van der Waals surface area contributed by atoms with E-state index in [0.29, 0.717) is 0 Å². The second kappa shape index (κ2) is 10.7. The highest BCUT2D eigenvalue weighted by molar-refractivity contribution is 5.95. The average molecular weight is 370 g/mol. The third-order valence-electron chi connectivity index (χ3n) is 5.43. The number of rotatable bonds is 11. The van der Waals surface area contributed by atoms with E-state index < -0.39 is 0 Å². The minimum atomic E-state index is -0.360. The van der Waals surface area contributed by atoms with Crippen LogP contribution in [-0.4, -0.2) is 10.5 Å². The van der Waals surface area contributed by atoms with E-state index in [1.165, 1.54) is 75.2 Å². The Morgan fingerprint density at radius 1 is 0.852 bits per heavy atom. The normalized spacial score (nSPS) is 12.0. The summed E-state index contributed by atoms with van der Waals surface area (Å²) in [7, 11) is 0. The second-order valence-electron chi connectivity index (χ2n) is 9.07. The monoisotopic (exact) mass is 369 g/mol. The topological polar surface area (TPSA) is 22.0 Å². The van der Waals surface area contributed by atoms with Gasteiger partial charge in [-0.1, -0.05) is 91.5 Å². The van der Waals surface area contributed by atoms with Crippen molar-refractivity contribution in [1.29, 1.82) is 0 Å². The lowest BCUT2D eigenvalue weighted by molar-refractivity contribution is 0.0772. The van der Waals surface area contributed by atoms with Crippen LogP contribution in [0, 0.1) is 5.41 Å². The summed E-state index contributed by atoms with van der Waals surface area (Å²) < 4.78 is 1.81. The lowest BCUT2D eigenvalue weighted by Crippen LogP contribution is -2.25. The largest absolute Gasteiger partial charge is 0.287 e. The molecular formula is C25H39NO. The molecule has 1 aromatic heterocycles. The van der Waals surface area contributed by atoms with Crippen molar-refractivity contribution < 1.29 is 4.79 Å². The molecule has 27 heavy (non-hydrogen) atoms. The highest BCUT2D eigenvalue weighted by atomic mass is 16.2. The van der Waals surface area contributed by atoms with Gasteiger partial charge in [-0.2, -0.15) is 0 Å². The van der Waals surface area contributed by atoms with Gasteiger partial charge in [0, 0.05) is 17.0 Å². The van der Waals surface area contributed by atoms with E-state index in [2.05, 4.69) is 31.2 Å². The van der Waals surface area contributed by atoms with Gasteiger partial charge in [0.2, 0.25) is 5.91 Å². The average Bonchev–Trinajstić information content (AvgIpc) is 3.05. The summed E-state index contributed by atoms with van der Waals surface area (Å²) in [5.41, 5.74) is 2.06. The van der Waals surface area contributed by atoms with Gasteiger partial charge in [-0.05, 0) is 36.6 Å². The van der Waals surface area contributed by atoms with Gasteiger partial charge in [-0.3, -0.25) is 9.36 Å². The van der Waals surface area contributed by atoms with Crippen LogP contribution in [0.3, 0.4) is 0 Å². The molecule has 2 aromatic rings. The number of hydrogen-bond donors (Lipinski definition) is 0. The molecule has 0 radical (unpaired) electrons. The van der Waals surface area contributed by atoms with E-state index >= 15 is 0 Å². The maximum atomic E-state index is 12.6. The molecule has 0 aliphatic rings. The molecule has 0 saturated carbocycles. The molecule has 1 aromatic carbocycles. The molecule has 0 bridgehead atoms. The fourth-order valence-corrected chi connectivity index (χ4v) is 3.70. The smallest absolute Gasteiger partial charge is 0.236 e. The van der Waals surface area contributed by atoms with Gasteiger partial charge in [-0.25, -0.2) is 0 Å². The van der Waals surface area contributed by atoms with Gasteiger partial charge in [0.15, 0.2) is 0 Å². The summed E-state index contributed by atoms with van der Waals surface area (Å²) in [6.07, 6.45) is 16.8. The first-order valence-corrected chi connectivity index (χ1v) is 11.1. The maximum Gasteiger partial charge on any atom is 0.236 e. The van der Waals surface area contributed by atoms with E-state index in [9.17, 15) is 4.79 Å². The minimum absolute atomic E-state index is 0.153. The van der Waals surface area contributed by atoms with Crippen LogP contribution in [0.2, 0.25) is 0 Å². The van der Waals surface area contributed by atoms with Crippen LogP contribution in [0.15, 0.2) is 30.5 Å². The Kier molecular flexibility index (Phi) is 8.60. The fourth-order valence-electron chi connectivity index (χ4n) is 3.70. The quantitative estimate of drug-likeness (QED) is 0.370. The molecule has 150 valence electrons. The Balaban J connectivity index is 1.73. The molecule has 0 aliphatic heterocycles. The van der Waals surface area contributed by atoms with Crippen LogP contribution in [-0.2, 0) is 6.42 Å². The predicted octanol–water partition coefficient (Wildman–Crippen LogP) is 7.79. The highest BCUT2D eigenvalue weighted by Crippen LogP contribution is 2.24. The molecule has 2 nitrogen and oxygen atoms in total. The van der Waals surface area contributed by atoms with Crippen molar-refractivity contribution in [3.05, 3.63) is 36.0 Å². The molecule has 2 heteroatoms. The maximum absolute atomic E-state index is 12.6. The van der Waals surface area contributed by atoms with Gasteiger partial charge >= 0.3 is 0 Å². The second-order valence-corrected chi connectivity index (χ2v) is 9.07. The van der Waals surface area contributed by atoms with Gasteiger partial charge < -0.3 is 0 Å². The Labute approximate surface area is 166 Å². The van der Waals surface area contributed by atoms with Crippen LogP contribution >= 0.6 is 0 Å². The number of benzene rings is 1. The lowest BCUT2D eigenvalue weighted by atomic mass is 9.95. The Morgan fingerprint density at radius 3 is 2.04 bits per heavy atom. The molecule has 0 N–H and O–H groups in total. The van der Waals surface area contributed by atoms with Gasteiger partial charge in [0.1, 0.15) is 0 Å². The van der Waals surface area contributed by atoms with Crippen LogP contribution in [0.4, 0.5) is 0 Å². The van der Waals surface area contributed by atoms with Crippen molar-refractivity contribution in [2.75, 3.05) is 0 Å². The van der Waals surface area contributed by atoms with Crippen molar-refractivity contribution in [1.82, 2.24) is 4.57 Å². The van der Waals surface area contributed by atoms with Crippen molar-refractivity contribution >= 4 is 16.8 Å². The van der Waals surface area contributed by atoms with Gasteiger partial charge in [0.25, 0.3) is 0 Å². The Morgan fingerprint density at radius 2 is 1.44 bits per heavy atom. The molecular weight excluding hydrogens is 330 g/mol. The van der Waals surface area contributed by atoms with Crippen molar-refractivity contribution in [2.45, 2.75) is 98.3 Å². The van der Waals surface area contributed by atoms with E-state index in [1.807, 2.05) is 27.0 Å². The number of carbonyl (C=O) groups is 1. The van der Waals surface area contributed by atoms with Crippen LogP contribution in [0.5, 0.6) is 0 Å². The summed E-state index contributed by atoms with van der Waals surface area (Å²) in [6.45, 7) is 8.20. The minimum Gasteiger partial charge on any atom is -0.287 e. The van der Waals surface area contributed by atoms with E-state index in [1.54, 1.807) is 4.57 Å². The SMILES string of the molecule is CCCCCCCCCCCCc1ccc2c(ccn2C(=O)C(C)(C)C)c1. The van der Waals surface area contributed by atoms with Crippen LogP contribution in [0.1, 0.15) is 102 Å². The summed E-state index contributed by atoms with van der Waals surface area (Å²) in [6, 6.07) is 8.64. The zero-order valence-electron chi connectivity index (χ0n) is 18.0. The summed E-state index contributed by atoms with van der Waals surface area (Å²) in [4.78, 5) is 12.6. The van der Waals surface area contributed by atoms with Crippen molar-refractivity contribution in [3.63, 3.8) is 0 Å². The third-order valence-corrected chi connectivity index (χ3v) is 5.43. The highest BCUT2D eigenvalue weighted by Gasteiger charge is 2.23. The van der Waals surface area contributed by atoms with E-state index in [0.717, 1.165) is 11.9 Å². The first kappa shape index (κ1) is 21.7. The number of aromatic nitrogens is 1. The van der Waals surface area contributed by atoms with Crippen LogP contribution in [0.25, 0.3) is 10.9 Å². The summed E-state index contributed by atoms with van der Waals surface area (Å²) in [5, 5.41) is 1.18. The summed E-state index contributed by atoms with van der Waals surface area (Å²) >= 11 is 0. The standard InChI is InChI=1S/C25H39NO/c1-5-6-7-8-9-10-11-12-13-14-15-21-16-17-23-22(20-21)18-19-26(23)24(27)25(2,3)4/h16-20H,5-15H2,1-4H3. The first-order valence-electron chi connectivity index (χ1n) is 11.1. The molecule has 0 unspecified atom stereocenters. The zero-order valence-corrected chi connectivity index (χ0v) is 18.0. The number of unbranched alkanes of at least 4 members (excludes halogenated alkanes) is 9. The summed E-state index contributed by atoms with van der Waals surface area (Å²) in [5.74, 6) is 0.153.